The van der Waals surface area contributed by atoms with Crippen LogP contribution in [0.2, 0.25) is 10.2 Å². The molecule has 7 nitrogen and oxygen atoms in total. The third-order valence-corrected chi connectivity index (χ3v) is 5.30. The van der Waals surface area contributed by atoms with E-state index in [2.05, 4.69) is 10.4 Å². The average molecular weight is 410 g/mol. The van der Waals surface area contributed by atoms with Crippen molar-refractivity contribution >= 4 is 40.7 Å². The molecule has 2 aromatic rings. The Balaban J connectivity index is 1.53. The zero-order valence-electron chi connectivity index (χ0n) is 15.2. The van der Waals surface area contributed by atoms with E-state index in [9.17, 15) is 9.59 Å². The Bertz CT molecular complexity index is 859. The van der Waals surface area contributed by atoms with Crippen molar-refractivity contribution in [2.45, 2.75) is 6.92 Å². The van der Waals surface area contributed by atoms with Crippen LogP contribution in [0.1, 0.15) is 16.1 Å². The van der Waals surface area contributed by atoms with E-state index in [1.54, 1.807) is 31.0 Å². The molecule has 1 fully saturated rings. The lowest BCUT2D eigenvalue weighted by Crippen LogP contribution is -2.50. The summed E-state index contributed by atoms with van der Waals surface area (Å²) in [5, 5.41) is 7.86. The first-order chi connectivity index (χ1) is 12.9. The van der Waals surface area contributed by atoms with Gasteiger partial charge in [-0.1, -0.05) is 35.3 Å². The van der Waals surface area contributed by atoms with Crippen LogP contribution in [0.3, 0.4) is 0 Å². The second-order valence-corrected chi connectivity index (χ2v) is 7.24. The highest BCUT2D eigenvalue weighted by Crippen LogP contribution is 2.22. The fraction of sp³-hybridized carbons (Fsp3) is 0.389. The Kier molecular flexibility index (Phi) is 6.04. The largest absolute Gasteiger partial charge is 0.336 e. The van der Waals surface area contributed by atoms with E-state index in [-0.39, 0.29) is 18.4 Å². The summed E-state index contributed by atoms with van der Waals surface area (Å²) in [6, 6.07) is 7.12. The molecule has 3 rings (SSSR count). The molecule has 0 spiro atoms. The Labute approximate surface area is 167 Å². The number of anilines is 1. The number of nitrogens with one attached hydrogen (secondary N) is 1. The minimum atomic E-state index is -0.131. The quantitative estimate of drug-likeness (QED) is 0.841. The van der Waals surface area contributed by atoms with Gasteiger partial charge in [-0.25, -0.2) is 0 Å². The zero-order chi connectivity index (χ0) is 19.6. The van der Waals surface area contributed by atoms with E-state index < -0.39 is 0 Å². The maximum Gasteiger partial charge on any atom is 0.258 e. The molecule has 1 saturated heterocycles. The number of hydrogen-bond acceptors (Lipinski definition) is 4. The third-order valence-electron chi connectivity index (χ3n) is 4.54. The molecule has 0 bridgehead atoms. The average Bonchev–Trinajstić information content (AvgIpc) is 2.89. The number of hydrogen-bond donors (Lipinski definition) is 1. The molecular weight excluding hydrogens is 389 g/mol. The van der Waals surface area contributed by atoms with E-state index in [0.29, 0.717) is 53.3 Å². The summed E-state index contributed by atoms with van der Waals surface area (Å²) < 4.78 is 1.50. The number of aryl methyl sites for hydroxylation is 2. The first kappa shape index (κ1) is 19.7. The van der Waals surface area contributed by atoms with Crippen molar-refractivity contribution in [1.29, 1.82) is 0 Å². The predicted octanol–water partition coefficient (Wildman–Crippen LogP) is 2.43. The van der Waals surface area contributed by atoms with Crippen LogP contribution in [0.25, 0.3) is 0 Å². The SMILES string of the molecule is Cc1nn(C)c(Cl)c1C(=O)N1CCN(CC(=O)Nc2ccccc2Cl)CC1. The summed E-state index contributed by atoms with van der Waals surface area (Å²) in [5.74, 6) is -0.250. The number of halogens is 2. The molecule has 1 aromatic carbocycles. The van der Waals surface area contributed by atoms with Crippen LogP contribution in [0.4, 0.5) is 5.69 Å². The topological polar surface area (TPSA) is 70.5 Å². The maximum absolute atomic E-state index is 12.7. The molecule has 9 heteroatoms. The molecule has 1 aliphatic rings. The molecular formula is C18H21Cl2N5O2. The maximum atomic E-state index is 12.7. The van der Waals surface area contributed by atoms with Crippen molar-refractivity contribution in [3.8, 4) is 0 Å². The number of para-hydroxylation sites is 1. The summed E-state index contributed by atoms with van der Waals surface area (Å²) in [5.41, 5.74) is 1.66. The minimum absolute atomic E-state index is 0.120. The van der Waals surface area contributed by atoms with E-state index in [1.165, 1.54) is 4.68 Å². The Morgan fingerprint density at radius 1 is 1.15 bits per heavy atom. The van der Waals surface area contributed by atoms with Gasteiger partial charge in [0.25, 0.3) is 5.91 Å². The molecule has 1 aliphatic heterocycles. The first-order valence-electron chi connectivity index (χ1n) is 8.62. The minimum Gasteiger partial charge on any atom is -0.336 e. The van der Waals surface area contributed by atoms with Gasteiger partial charge >= 0.3 is 0 Å². The van der Waals surface area contributed by atoms with Crippen molar-refractivity contribution in [2.75, 3.05) is 38.0 Å². The number of aromatic nitrogens is 2. The fourth-order valence-electron chi connectivity index (χ4n) is 3.10. The van der Waals surface area contributed by atoms with Crippen molar-refractivity contribution in [3.63, 3.8) is 0 Å². The molecule has 0 saturated carbocycles. The lowest BCUT2D eigenvalue weighted by atomic mass is 10.2. The molecule has 0 aliphatic carbocycles. The summed E-state index contributed by atoms with van der Waals surface area (Å²) >= 11 is 12.3. The Hall–Kier alpha value is -2.09. The van der Waals surface area contributed by atoms with Gasteiger partial charge in [-0.05, 0) is 19.1 Å². The predicted molar refractivity (Wildman–Crippen MR) is 105 cm³/mol. The summed E-state index contributed by atoms with van der Waals surface area (Å²) in [6.07, 6.45) is 0. The second kappa shape index (κ2) is 8.29. The van der Waals surface area contributed by atoms with Gasteiger partial charge in [-0.2, -0.15) is 5.10 Å². The van der Waals surface area contributed by atoms with Crippen LogP contribution in [0.5, 0.6) is 0 Å². The normalized spacial score (nSPS) is 15.0. The number of carbonyl (C=O) groups is 2. The van der Waals surface area contributed by atoms with Gasteiger partial charge in [-0.3, -0.25) is 19.2 Å². The van der Waals surface area contributed by atoms with Crippen LogP contribution in [-0.4, -0.2) is 64.1 Å². The molecule has 0 radical (unpaired) electrons. The molecule has 144 valence electrons. The molecule has 1 N–H and O–H groups in total. The zero-order valence-corrected chi connectivity index (χ0v) is 16.7. The molecule has 0 atom stereocenters. The van der Waals surface area contributed by atoms with E-state index in [0.717, 1.165) is 0 Å². The van der Waals surface area contributed by atoms with Gasteiger partial charge in [0.15, 0.2) is 0 Å². The summed E-state index contributed by atoms with van der Waals surface area (Å²) in [6.45, 7) is 4.30. The van der Waals surface area contributed by atoms with E-state index in [4.69, 9.17) is 23.2 Å². The highest BCUT2D eigenvalue weighted by molar-refractivity contribution is 6.33. The van der Waals surface area contributed by atoms with Crippen molar-refractivity contribution in [1.82, 2.24) is 19.6 Å². The number of nitrogens with zero attached hydrogens (tertiary/aromatic N) is 4. The van der Waals surface area contributed by atoms with Crippen LogP contribution < -0.4 is 5.32 Å². The first-order valence-corrected chi connectivity index (χ1v) is 9.37. The van der Waals surface area contributed by atoms with Crippen LogP contribution >= 0.6 is 23.2 Å². The number of carbonyl (C=O) groups excluding carboxylic acids is 2. The van der Waals surface area contributed by atoms with E-state index >= 15 is 0 Å². The molecule has 27 heavy (non-hydrogen) atoms. The molecule has 2 heterocycles. The number of rotatable bonds is 4. The second-order valence-electron chi connectivity index (χ2n) is 6.47. The summed E-state index contributed by atoms with van der Waals surface area (Å²) in [7, 11) is 1.71. The van der Waals surface area contributed by atoms with E-state index in [1.807, 2.05) is 17.0 Å². The number of benzene rings is 1. The van der Waals surface area contributed by atoms with Crippen LogP contribution in [-0.2, 0) is 11.8 Å². The lowest BCUT2D eigenvalue weighted by molar-refractivity contribution is -0.117. The van der Waals surface area contributed by atoms with Gasteiger partial charge in [0.2, 0.25) is 5.91 Å². The van der Waals surface area contributed by atoms with Crippen LogP contribution in [0, 0.1) is 6.92 Å². The molecule has 0 unspecified atom stereocenters. The lowest BCUT2D eigenvalue weighted by Gasteiger charge is -2.34. The van der Waals surface area contributed by atoms with Crippen LogP contribution in [0.15, 0.2) is 24.3 Å². The van der Waals surface area contributed by atoms with Gasteiger partial charge in [0.05, 0.1) is 28.5 Å². The van der Waals surface area contributed by atoms with Gasteiger partial charge < -0.3 is 10.2 Å². The van der Waals surface area contributed by atoms with Crippen molar-refractivity contribution in [2.24, 2.45) is 7.05 Å². The smallest absolute Gasteiger partial charge is 0.258 e. The van der Waals surface area contributed by atoms with Gasteiger partial charge in [0, 0.05) is 33.2 Å². The fourth-order valence-corrected chi connectivity index (χ4v) is 3.53. The van der Waals surface area contributed by atoms with Gasteiger partial charge in [0.1, 0.15) is 5.15 Å². The Morgan fingerprint density at radius 3 is 2.41 bits per heavy atom. The third kappa shape index (κ3) is 4.43. The van der Waals surface area contributed by atoms with Crippen molar-refractivity contribution < 1.29 is 9.59 Å². The standard InChI is InChI=1S/C18H21Cl2N5O2/c1-12-16(17(20)23(2)22-12)18(27)25-9-7-24(8-10-25)11-15(26)21-14-6-4-3-5-13(14)19/h3-6H,7-11H2,1-2H3,(H,21,26). The highest BCUT2D eigenvalue weighted by atomic mass is 35.5. The van der Waals surface area contributed by atoms with Gasteiger partial charge in [-0.15, -0.1) is 0 Å². The monoisotopic (exact) mass is 409 g/mol. The molecule has 2 amide bonds. The molecule has 1 aromatic heterocycles. The number of amides is 2. The number of piperazine rings is 1. The highest BCUT2D eigenvalue weighted by Gasteiger charge is 2.27. The summed E-state index contributed by atoms with van der Waals surface area (Å²) in [4.78, 5) is 28.7. The van der Waals surface area contributed by atoms with Crippen molar-refractivity contribution in [3.05, 3.63) is 45.7 Å². The Morgan fingerprint density at radius 2 is 1.81 bits per heavy atom.